The van der Waals surface area contributed by atoms with Gasteiger partial charge in [-0.2, -0.15) is 17.2 Å². The van der Waals surface area contributed by atoms with Crippen molar-refractivity contribution in [3.05, 3.63) is 119 Å². The second-order valence-corrected chi connectivity index (χ2v) is 26.3. The lowest BCUT2D eigenvalue weighted by atomic mass is 10.2. The molecular formula is C50H70N4O8S4. The molecular weight excluding hydrogens is 913 g/mol. The molecule has 0 amide bonds. The molecule has 4 aromatic rings. The van der Waals surface area contributed by atoms with Crippen LogP contribution in [-0.2, 0) is 40.1 Å². The van der Waals surface area contributed by atoms with Crippen molar-refractivity contribution in [2.45, 2.75) is 124 Å². The molecule has 0 bridgehead atoms. The van der Waals surface area contributed by atoms with E-state index in [-0.39, 0.29) is 45.8 Å². The molecule has 0 radical (unpaired) electrons. The molecule has 2 saturated carbocycles. The standard InChI is InChI=1S/C50H70N4O8S4/c1-41-13-25-47(26-14-41)63(55,56)51(35-9-11-37-53(39-45-21-22-45)65(59,60)49-29-17-43(3)18-30-49)33-7-5-6-8-34-52(64(57,58)48-27-15-42(2)16-28-48)36-10-12-38-54(40-46-23-24-46)66(61,62)50-31-19-44(4)20-32-50/h13-20,25-32,45-46H,5-12,21-24,33-40H2,1-4H3. The van der Waals surface area contributed by atoms with E-state index in [2.05, 4.69) is 0 Å². The maximum atomic E-state index is 14.0. The molecule has 6 rings (SSSR count). The van der Waals surface area contributed by atoms with Gasteiger partial charge < -0.3 is 0 Å². The van der Waals surface area contributed by atoms with Crippen molar-refractivity contribution in [3.63, 3.8) is 0 Å². The van der Waals surface area contributed by atoms with Gasteiger partial charge in [0.05, 0.1) is 19.6 Å². The third-order valence-electron chi connectivity index (χ3n) is 12.6. The Morgan fingerprint density at radius 3 is 0.742 bits per heavy atom. The number of aryl methyl sites for hydroxylation is 4. The Morgan fingerprint density at radius 1 is 0.318 bits per heavy atom. The summed E-state index contributed by atoms with van der Waals surface area (Å²) in [5, 5.41) is 0. The average molecular weight is 983 g/mol. The second kappa shape index (κ2) is 23.2. The Labute approximate surface area is 396 Å². The van der Waals surface area contributed by atoms with Crippen molar-refractivity contribution in [1.29, 1.82) is 0 Å². The summed E-state index contributed by atoms with van der Waals surface area (Å²) >= 11 is 0. The molecule has 2 fully saturated rings. The topological polar surface area (TPSA) is 150 Å². The van der Waals surface area contributed by atoms with E-state index in [1.807, 2.05) is 27.7 Å². The fourth-order valence-electron chi connectivity index (χ4n) is 8.02. The van der Waals surface area contributed by atoms with Crippen LogP contribution in [-0.4, -0.2) is 103 Å². The zero-order chi connectivity index (χ0) is 47.5. The quantitative estimate of drug-likeness (QED) is 0.0490. The maximum Gasteiger partial charge on any atom is 0.243 e. The van der Waals surface area contributed by atoms with E-state index >= 15 is 0 Å². The monoisotopic (exact) mass is 982 g/mol. The highest BCUT2D eigenvalue weighted by Gasteiger charge is 2.33. The fourth-order valence-corrected chi connectivity index (χ4v) is 14.2. The molecule has 362 valence electrons. The largest absolute Gasteiger partial charge is 0.243 e. The van der Waals surface area contributed by atoms with Gasteiger partial charge in [0.25, 0.3) is 0 Å². The minimum Gasteiger partial charge on any atom is -0.207 e. The molecule has 0 aliphatic heterocycles. The third-order valence-corrected chi connectivity index (χ3v) is 20.2. The van der Waals surface area contributed by atoms with Gasteiger partial charge in [-0.05, 0) is 152 Å². The second-order valence-electron chi connectivity index (χ2n) is 18.5. The molecule has 0 saturated heterocycles. The molecule has 2 aliphatic carbocycles. The van der Waals surface area contributed by atoms with Crippen molar-refractivity contribution in [1.82, 2.24) is 17.2 Å². The summed E-state index contributed by atoms with van der Waals surface area (Å²) in [5.41, 5.74) is 3.86. The fraction of sp³-hybridized carbons (Fsp3) is 0.520. The lowest BCUT2D eigenvalue weighted by molar-refractivity contribution is 0.349. The number of hydrogen-bond acceptors (Lipinski definition) is 8. The van der Waals surface area contributed by atoms with Gasteiger partial charge in [-0.15, -0.1) is 0 Å². The molecule has 12 nitrogen and oxygen atoms in total. The van der Waals surface area contributed by atoms with E-state index in [9.17, 15) is 33.7 Å². The van der Waals surface area contributed by atoms with E-state index in [1.165, 1.54) is 8.61 Å². The molecule has 0 atom stereocenters. The molecule has 0 spiro atoms. The first-order chi connectivity index (χ1) is 31.4. The van der Waals surface area contributed by atoms with Gasteiger partial charge in [-0.1, -0.05) is 83.6 Å². The molecule has 0 aromatic heterocycles. The predicted molar refractivity (Wildman–Crippen MR) is 262 cm³/mol. The van der Waals surface area contributed by atoms with Crippen molar-refractivity contribution >= 4 is 40.1 Å². The number of hydrogen-bond donors (Lipinski definition) is 0. The summed E-state index contributed by atoms with van der Waals surface area (Å²) in [7, 11) is -15.1. The molecule has 0 N–H and O–H groups in total. The van der Waals surface area contributed by atoms with E-state index in [4.69, 9.17) is 0 Å². The summed E-state index contributed by atoms with van der Waals surface area (Å²) in [6, 6.07) is 27.4. The smallest absolute Gasteiger partial charge is 0.207 e. The van der Waals surface area contributed by atoms with Crippen LogP contribution in [0.4, 0.5) is 0 Å². The summed E-state index contributed by atoms with van der Waals surface area (Å²) < 4.78 is 117. The van der Waals surface area contributed by atoms with Crippen LogP contribution in [0.15, 0.2) is 117 Å². The van der Waals surface area contributed by atoms with E-state index in [0.29, 0.717) is 89.4 Å². The minimum atomic E-state index is -3.84. The van der Waals surface area contributed by atoms with Crippen LogP contribution in [0.1, 0.15) is 99.3 Å². The summed E-state index contributed by atoms with van der Waals surface area (Å²) in [5.74, 6) is 0.698. The third kappa shape index (κ3) is 14.5. The maximum absolute atomic E-state index is 14.0. The zero-order valence-electron chi connectivity index (χ0n) is 39.2. The van der Waals surface area contributed by atoms with Crippen LogP contribution in [0.2, 0.25) is 0 Å². The Kier molecular flexibility index (Phi) is 18.3. The Balaban J connectivity index is 1.05. The van der Waals surface area contributed by atoms with Gasteiger partial charge in [-0.25, -0.2) is 33.7 Å². The van der Waals surface area contributed by atoms with E-state index in [1.54, 1.807) is 106 Å². The lowest BCUT2D eigenvalue weighted by Crippen LogP contribution is -2.36. The molecule has 16 heteroatoms. The highest BCUT2D eigenvalue weighted by molar-refractivity contribution is 7.90. The van der Waals surface area contributed by atoms with Gasteiger partial charge >= 0.3 is 0 Å². The molecule has 2 aliphatic rings. The normalized spacial score (nSPS) is 15.1. The highest BCUT2D eigenvalue weighted by atomic mass is 32.2. The lowest BCUT2D eigenvalue weighted by Gasteiger charge is -2.25. The summed E-state index contributed by atoms with van der Waals surface area (Å²) in [6.07, 6.45) is 8.49. The average Bonchev–Trinajstić information content (AvgIpc) is 4.23. The Bertz CT molecular complexity index is 2430. The van der Waals surface area contributed by atoms with Gasteiger partial charge in [0.1, 0.15) is 0 Å². The van der Waals surface area contributed by atoms with Crippen molar-refractivity contribution in [3.8, 4) is 0 Å². The number of nitrogens with zero attached hydrogens (tertiary/aromatic N) is 4. The summed E-state index contributed by atoms with van der Waals surface area (Å²) in [6.45, 7) is 10.2. The van der Waals surface area contributed by atoms with Crippen molar-refractivity contribution in [2.75, 3.05) is 52.4 Å². The minimum absolute atomic E-state index is 0.214. The number of benzene rings is 4. The van der Waals surface area contributed by atoms with Gasteiger partial charge in [0.15, 0.2) is 0 Å². The number of unbranched alkanes of at least 4 members (excludes halogenated alkanes) is 5. The molecule has 66 heavy (non-hydrogen) atoms. The van der Waals surface area contributed by atoms with E-state index in [0.717, 1.165) is 47.9 Å². The van der Waals surface area contributed by atoms with Crippen LogP contribution in [0.25, 0.3) is 0 Å². The van der Waals surface area contributed by atoms with Gasteiger partial charge in [-0.3, -0.25) is 0 Å². The Hall–Kier alpha value is -3.48. The van der Waals surface area contributed by atoms with Crippen LogP contribution >= 0.6 is 0 Å². The van der Waals surface area contributed by atoms with Crippen LogP contribution < -0.4 is 0 Å². The highest BCUT2D eigenvalue weighted by Crippen LogP contribution is 2.33. The first-order valence-corrected chi connectivity index (χ1v) is 29.4. The van der Waals surface area contributed by atoms with Gasteiger partial charge in [0, 0.05) is 52.4 Å². The molecule has 0 heterocycles. The number of sulfonamides is 4. The van der Waals surface area contributed by atoms with Crippen molar-refractivity contribution < 1.29 is 33.7 Å². The predicted octanol–water partition coefficient (Wildman–Crippen LogP) is 8.92. The first kappa shape index (κ1) is 51.9. The molecule has 0 unspecified atom stereocenters. The molecule has 4 aromatic carbocycles. The van der Waals surface area contributed by atoms with Crippen LogP contribution in [0.5, 0.6) is 0 Å². The first-order valence-electron chi connectivity index (χ1n) is 23.6. The van der Waals surface area contributed by atoms with Crippen molar-refractivity contribution in [2.24, 2.45) is 11.8 Å². The Morgan fingerprint density at radius 2 is 0.515 bits per heavy atom. The SMILES string of the molecule is Cc1ccc(S(=O)(=O)N(CCCCCCN(CCCCN(CC2CC2)S(=O)(=O)c2ccc(C)cc2)S(=O)(=O)c2ccc(C)cc2)CCCCN(CC2CC2)S(=O)(=O)c2ccc(C)cc2)cc1. The zero-order valence-corrected chi connectivity index (χ0v) is 42.5. The summed E-state index contributed by atoms with van der Waals surface area (Å²) in [4.78, 5) is 0.966. The number of rotatable bonds is 29. The van der Waals surface area contributed by atoms with Crippen LogP contribution in [0.3, 0.4) is 0 Å². The van der Waals surface area contributed by atoms with E-state index < -0.39 is 40.1 Å². The van der Waals surface area contributed by atoms with Gasteiger partial charge in [0.2, 0.25) is 40.1 Å². The van der Waals surface area contributed by atoms with Crippen LogP contribution in [0, 0.1) is 39.5 Å².